The van der Waals surface area contributed by atoms with Crippen LogP contribution in [0.5, 0.6) is 5.75 Å². The number of aryl methyl sites for hydroxylation is 1. The minimum atomic E-state index is -0.100. The maximum Gasteiger partial charge on any atom is 0.221 e. The fraction of sp³-hybridized carbons (Fsp3) is 0.481. The van der Waals surface area contributed by atoms with Crippen molar-refractivity contribution in [2.45, 2.75) is 23.9 Å². The Morgan fingerprint density at radius 2 is 1.73 bits per heavy atom. The van der Waals surface area contributed by atoms with Crippen molar-refractivity contribution in [3.05, 3.63) is 36.0 Å². The molecule has 0 saturated carbocycles. The van der Waals surface area contributed by atoms with Crippen LogP contribution in [0.15, 0.2) is 40.4 Å². The first-order chi connectivity index (χ1) is 19.5. The number of H-pyrrole nitrogens is 1. The zero-order chi connectivity index (χ0) is 27.9. The second-order valence-corrected chi connectivity index (χ2v) is 11.0. The van der Waals surface area contributed by atoms with Crippen molar-refractivity contribution < 1.29 is 9.53 Å². The summed E-state index contributed by atoms with van der Waals surface area (Å²) in [6, 6.07) is 9.57. The Labute approximate surface area is 239 Å². The Morgan fingerprint density at radius 3 is 2.35 bits per heavy atom. The monoisotopic (exact) mass is 566 g/mol. The van der Waals surface area contributed by atoms with Crippen LogP contribution in [0.1, 0.15) is 12.6 Å². The van der Waals surface area contributed by atoms with Gasteiger partial charge in [-0.05, 0) is 43.0 Å². The van der Waals surface area contributed by atoms with E-state index in [1.54, 1.807) is 7.11 Å². The number of carbonyl (C=O) groups excluding carboxylic acids is 1. The second-order valence-electron chi connectivity index (χ2n) is 10.0. The molecule has 0 aliphatic carbocycles. The first-order valence-electron chi connectivity index (χ1n) is 13.7. The topological polar surface area (TPSA) is 127 Å². The number of anilines is 4. The number of benzene rings is 1. The van der Waals surface area contributed by atoms with Crippen LogP contribution in [-0.4, -0.2) is 108 Å². The minimum Gasteiger partial charge on any atom is -0.490 e. The van der Waals surface area contributed by atoms with Crippen LogP contribution in [0.2, 0.25) is 0 Å². The van der Waals surface area contributed by atoms with Crippen LogP contribution >= 0.6 is 11.8 Å². The molecule has 0 atom stereocenters. The molecule has 2 fully saturated rings. The van der Waals surface area contributed by atoms with E-state index < -0.39 is 0 Å². The van der Waals surface area contributed by atoms with Gasteiger partial charge in [0.2, 0.25) is 11.7 Å². The van der Waals surface area contributed by atoms with Gasteiger partial charge < -0.3 is 25.6 Å². The predicted octanol–water partition coefficient (Wildman–Crippen LogP) is 2.40. The predicted molar refractivity (Wildman–Crippen MR) is 158 cm³/mol. The molecule has 0 spiro atoms. The standard InChI is InChI=1S/C27H38N10O2S/c1-19-18-23(34-33-19)30-25-24(39-3)26(32-27(31-25)40-22-6-4-21(5-7-22)29-20(2)38)37-16-14-36(15-17-37)13-12-35-10-8-28-9-11-35/h4-7,18,28H,8-17H2,1-3H3,(H,29,38)(H2,30,31,32,33,34). The fourth-order valence-electron chi connectivity index (χ4n) is 4.87. The molecule has 2 saturated heterocycles. The lowest BCUT2D eigenvalue weighted by atomic mass is 10.3. The normalized spacial score (nSPS) is 16.6. The molecule has 0 unspecified atom stereocenters. The number of hydrogen-bond acceptors (Lipinski definition) is 11. The molecule has 12 nitrogen and oxygen atoms in total. The molecule has 40 heavy (non-hydrogen) atoms. The van der Waals surface area contributed by atoms with Crippen molar-refractivity contribution >= 4 is 40.8 Å². The van der Waals surface area contributed by atoms with Gasteiger partial charge >= 0.3 is 0 Å². The SMILES string of the molecule is COc1c(Nc2cc(C)[nH]n2)nc(Sc2ccc(NC(C)=O)cc2)nc1N1CCN(CCN2CCNCC2)CC1. The van der Waals surface area contributed by atoms with E-state index in [1.807, 2.05) is 37.3 Å². The highest BCUT2D eigenvalue weighted by atomic mass is 32.2. The van der Waals surface area contributed by atoms with Crippen molar-refractivity contribution in [3.63, 3.8) is 0 Å². The third-order valence-electron chi connectivity index (χ3n) is 6.98. The summed E-state index contributed by atoms with van der Waals surface area (Å²) in [7, 11) is 1.65. The third-order valence-corrected chi connectivity index (χ3v) is 7.85. The van der Waals surface area contributed by atoms with Gasteiger partial charge in [-0.3, -0.25) is 19.7 Å². The van der Waals surface area contributed by atoms with Crippen LogP contribution in [0.25, 0.3) is 0 Å². The van der Waals surface area contributed by atoms with Gasteiger partial charge in [-0.25, -0.2) is 9.97 Å². The third kappa shape index (κ3) is 7.42. The number of aromatic amines is 1. The number of amides is 1. The average molecular weight is 567 g/mol. The largest absolute Gasteiger partial charge is 0.490 e. The molecular formula is C27H38N10O2S. The summed E-state index contributed by atoms with van der Waals surface area (Å²) < 4.78 is 5.88. The summed E-state index contributed by atoms with van der Waals surface area (Å²) in [6.07, 6.45) is 0. The fourth-order valence-corrected chi connectivity index (χ4v) is 5.62. The van der Waals surface area contributed by atoms with Crippen LogP contribution in [0, 0.1) is 6.92 Å². The summed E-state index contributed by atoms with van der Waals surface area (Å²) >= 11 is 1.46. The quantitative estimate of drug-likeness (QED) is 0.270. The number of methoxy groups -OCH3 is 1. The molecule has 3 aromatic rings. The number of rotatable bonds is 10. The van der Waals surface area contributed by atoms with Crippen molar-refractivity contribution in [3.8, 4) is 5.75 Å². The summed E-state index contributed by atoms with van der Waals surface area (Å²) in [5, 5.41) is 17.4. The van der Waals surface area contributed by atoms with Crippen LogP contribution < -0.4 is 25.6 Å². The smallest absolute Gasteiger partial charge is 0.221 e. The highest BCUT2D eigenvalue weighted by molar-refractivity contribution is 7.99. The van der Waals surface area contributed by atoms with Crippen molar-refractivity contribution in [2.75, 3.05) is 88.1 Å². The highest BCUT2D eigenvalue weighted by Crippen LogP contribution is 2.38. The first kappa shape index (κ1) is 28.1. The molecular weight excluding hydrogens is 528 g/mol. The van der Waals surface area contributed by atoms with Crippen molar-refractivity contribution in [1.29, 1.82) is 0 Å². The lowest BCUT2D eigenvalue weighted by Crippen LogP contribution is -2.51. The maximum absolute atomic E-state index is 11.4. The summed E-state index contributed by atoms with van der Waals surface area (Å²) in [6.45, 7) is 13.7. The molecule has 5 rings (SSSR count). The van der Waals surface area contributed by atoms with Gasteiger partial charge in [-0.2, -0.15) is 5.10 Å². The van der Waals surface area contributed by atoms with E-state index in [0.29, 0.717) is 22.5 Å². The Balaban J connectivity index is 1.33. The van der Waals surface area contributed by atoms with Gasteiger partial charge in [0.1, 0.15) is 0 Å². The zero-order valence-electron chi connectivity index (χ0n) is 23.4. The number of piperazine rings is 2. The maximum atomic E-state index is 11.4. The molecule has 2 aliphatic rings. The summed E-state index contributed by atoms with van der Waals surface area (Å²) in [5.74, 6) is 2.50. The van der Waals surface area contributed by atoms with Gasteiger partial charge in [-0.15, -0.1) is 0 Å². The Kier molecular flexibility index (Phi) is 9.37. The van der Waals surface area contributed by atoms with E-state index in [2.05, 4.69) is 40.8 Å². The van der Waals surface area contributed by atoms with Gasteiger partial charge in [0, 0.05) is 94.7 Å². The first-order valence-corrected chi connectivity index (χ1v) is 14.5. The van der Waals surface area contributed by atoms with E-state index in [9.17, 15) is 4.79 Å². The Hall–Kier alpha value is -3.39. The minimum absolute atomic E-state index is 0.100. The molecule has 4 N–H and O–H groups in total. The highest BCUT2D eigenvalue weighted by Gasteiger charge is 2.25. The number of aromatic nitrogens is 4. The number of hydrogen-bond donors (Lipinski definition) is 4. The van der Waals surface area contributed by atoms with E-state index in [4.69, 9.17) is 14.7 Å². The van der Waals surface area contributed by atoms with E-state index in [-0.39, 0.29) is 5.91 Å². The van der Waals surface area contributed by atoms with Gasteiger partial charge in [0.25, 0.3) is 0 Å². The lowest BCUT2D eigenvalue weighted by Gasteiger charge is -2.37. The number of nitrogens with one attached hydrogen (secondary N) is 4. The molecule has 13 heteroatoms. The van der Waals surface area contributed by atoms with Gasteiger partial charge in [-0.1, -0.05) is 0 Å². The van der Waals surface area contributed by atoms with Crippen LogP contribution in [0.3, 0.4) is 0 Å². The number of nitrogens with zero attached hydrogens (tertiary/aromatic N) is 6. The molecule has 0 radical (unpaired) electrons. The summed E-state index contributed by atoms with van der Waals surface area (Å²) in [5.41, 5.74) is 1.70. The Bertz CT molecular complexity index is 1270. The lowest BCUT2D eigenvalue weighted by molar-refractivity contribution is -0.114. The van der Waals surface area contributed by atoms with Crippen molar-refractivity contribution in [2.24, 2.45) is 0 Å². The van der Waals surface area contributed by atoms with Crippen molar-refractivity contribution in [1.82, 2.24) is 35.3 Å². The van der Waals surface area contributed by atoms with Crippen LogP contribution in [0.4, 0.5) is 23.1 Å². The van der Waals surface area contributed by atoms with E-state index in [0.717, 1.165) is 87.5 Å². The molecule has 0 bridgehead atoms. The molecule has 4 heterocycles. The summed E-state index contributed by atoms with van der Waals surface area (Å²) in [4.78, 5) is 29.5. The van der Waals surface area contributed by atoms with E-state index >= 15 is 0 Å². The second kappa shape index (κ2) is 13.3. The van der Waals surface area contributed by atoms with E-state index in [1.165, 1.54) is 18.7 Å². The zero-order valence-corrected chi connectivity index (χ0v) is 24.2. The molecule has 1 amide bonds. The molecule has 2 aliphatic heterocycles. The number of carbonyl (C=O) groups is 1. The molecule has 214 valence electrons. The number of ether oxygens (including phenoxy) is 1. The van der Waals surface area contributed by atoms with Crippen LogP contribution in [-0.2, 0) is 4.79 Å². The molecule has 2 aromatic heterocycles. The molecule has 1 aromatic carbocycles. The average Bonchev–Trinajstić information content (AvgIpc) is 3.37. The Morgan fingerprint density at radius 1 is 1.02 bits per heavy atom. The van der Waals surface area contributed by atoms with Gasteiger partial charge in [0.15, 0.2) is 22.6 Å². The van der Waals surface area contributed by atoms with Gasteiger partial charge in [0.05, 0.1) is 7.11 Å².